The molecule has 2 aromatic rings. The molecule has 1 aliphatic rings. The summed E-state index contributed by atoms with van der Waals surface area (Å²) in [6.07, 6.45) is 3.48. The van der Waals surface area contributed by atoms with E-state index in [-0.39, 0.29) is 12.7 Å². The van der Waals surface area contributed by atoms with Crippen molar-refractivity contribution in [3.8, 4) is 11.4 Å². The molecule has 1 aromatic carbocycles. The molecule has 1 aliphatic heterocycles. The van der Waals surface area contributed by atoms with E-state index in [9.17, 15) is 0 Å². The maximum Gasteiger partial charge on any atom is 0.494 e. The van der Waals surface area contributed by atoms with Gasteiger partial charge in [-0.15, -0.1) is 0 Å². The molecule has 1 saturated heterocycles. The summed E-state index contributed by atoms with van der Waals surface area (Å²) in [7, 11) is -0.277. The summed E-state index contributed by atoms with van der Waals surface area (Å²) >= 11 is 0. The molecule has 0 saturated carbocycles. The molecule has 5 heteroatoms. The van der Waals surface area contributed by atoms with Gasteiger partial charge in [-0.2, -0.15) is 0 Å². The van der Waals surface area contributed by atoms with Crippen LogP contribution in [0.1, 0.15) is 13.8 Å². The van der Waals surface area contributed by atoms with Crippen molar-refractivity contribution in [1.82, 2.24) is 9.97 Å². The lowest BCUT2D eigenvalue weighted by Crippen LogP contribution is -2.34. The van der Waals surface area contributed by atoms with Crippen molar-refractivity contribution < 1.29 is 9.31 Å². The van der Waals surface area contributed by atoms with Crippen molar-refractivity contribution in [1.29, 1.82) is 0 Å². The van der Waals surface area contributed by atoms with E-state index in [4.69, 9.17) is 9.31 Å². The summed E-state index contributed by atoms with van der Waals surface area (Å²) in [6, 6.07) is 9.78. The van der Waals surface area contributed by atoms with Gasteiger partial charge in [-0.25, -0.2) is 9.97 Å². The zero-order chi connectivity index (χ0) is 13.3. The first-order chi connectivity index (χ1) is 9.14. The molecule has 0 N–H and O–H groups in total. The third-order valence-corrected chi connectivity index (χ3v) is 3.02. The minimum atomic E-state index is -0.277. The second-order valence-electron chi connectivity index (χ2n) is 5.21. The number of benzene rings is 1. The van der Waals surface area contributed by atoms with Gasteiger partial charge in [0.15, 0.2) is 5.82 Å². The smallest absolute Gasteiger partial charge is 0.404 e. The average Bonchev–Trinajstić information content (AvgIpc) is 2.80. The maximum absolute atomic E-state index is 5.83. The Morgan fingerprint density at radius 2 is 1.79 bits per heavy atom. The van der Waals surface area contributed by atoms with Crippen molar-refractivity contribution in [2.24, 2.45) is 0 Å². The average molecular weight is 254 g/mol. The molecule has 4 nitrogen and oxygen atoms in total. The molecule has 0 atom stereocenters. The highest BCUT2D eigenvalue weighted by Gasteiger charge is 2.37. The lowest BCUT2D eigenvalue weighted by atomic mass is 9.79. The third kappa shape index (κ3) is 2.67. The Hall–Kier alpha value is -1.72. The normalized spacial score (nSPS) is 17.7. The Morgan fingerprint density at radius 3 is 2.37 bits per heavy atom. The number of rotatable bonds is 2. The van der Waals surface area contributed by atoms with Gasteiger partial charge >= 0.3 is 7.12 Å². The van der Waals surface area contributed by atoms with Crippen LogP contribution in [0.5, 0.6) is 0 Å². The third-order valence-electron chi connectivity index (χ3n) is 3.02. The van der Waals surface area contributed by atoms with Crippen molar-refractivity contribution >= 4 is 12.6 Å². The fraction of sp³-hybridized carbons (Fsp3) is 0.286. The van der Waals surface area contributed by atoms with Gasteiger partial charge in [-0.1, -0.05) is 24.3 Å². The summed E-state index contributed by atoms with van der Waals surface area (Å²) in [5.74, 6) is 0.725. The molecule has 0 amide bonds. The van der Waals surface area contributed by atoms with Gasteiger partial charge in [0.05, 0.1) is 12.2 Å². The van der Waals surface area contributed by atoms with Crippen LogP contribution in [0.25, 0.3) is 11.4 Å². The van der Waals surface area contributed by atoms with E-state index in [2.05, 4.69) is 9.97 Å². The monoisotopic (exact) mass is 254 g/mol. The predicted octanol–water partition coefficient (Wildman–Crippen LogP) is 1.66. The first kappa shape index (κ1) is 12.3. The van der Waals surface area contributed by atoms with Gasteiger partial charge in [0.2, 0.25) is 0 Å². The molecule has 0 unspecified atom stereocenters. The molecule has 3 rings (SSSR count). The van der Waals surface area contributed by atoms with Gasteiger partial charge in [-0.3, -0.25) is 0 Å². The molecule has 96 valence electrons. The van der Waals surface area contributed by atoms with Crippen LogP contribution in [0, 0.1) is 0 Å². The number of nitrogens with zero attached hydrogens (tertiary/aromatic N) is 2. The van der Waals surface area contributed by atoms with E-state index >= 15 is 0 Å². The first-order valence-electron chi connectivity index (χ1n) is 6.31. The van der Waals surface area contributed by atoms with E-state index in [0.29, 0.717) is 6.61 Å². The summed E-state index contributed by atoms with van der Waals surface area (Å²) in [5, 5.41) is 0. The Morgan fingerprint density at radius 1 is 1.11 bits per heavy atom. The fourth-order valence-electron chi connectivity index (χ4n) is 2.04. The van der Waals surface area contributed by atoms with Crippen molar-refractivity contribution in [3.05, 3.63) is 42.7 Å². The van der Waals surface area contributed by atoms with Crippen LogP contribution >= 0.6 is 0 Å². The molecule has 2 heterocycles. The zero-order valence-corrected chi connectivity index (χ0v) is 11.0. The second-order valence-corrected chi connectivity index (χ2v) is 5.21. The molecular weight excluding hydrogens is 239 g/mol. The Bertz CT molecular complexity index is 557. The molecule has 0 spiro atoms. The highest BCUT2D eigenvalue weighted by molar-refractivity contribution is 6.61. The molecule has 0 radical (unpaired) electrons. The zero-order valence-electron chi connectivity index (χ0n) is 11.0. The van der Waals surface area contributed by atoms with Crippen molar-refractivity contribution in [2.45, 2.75) is 19.4 Å². The maximum atomic E-state index is 5.83. The Kier molecular flexibility index (Phi) is 3.08. The van der Waals surface area contributed by atoms with Crippen LogP contribution < -0.4 is 5.46 Å². The largest absolute Gasteiger partial charge is 0.494 e. The van der Waals surface area contributed by atoms with Gasteiger partial charge in [0, 0.05) is 18.0 Å². The summed E-state index contributed by atoms with van der Waals surface area (Å²) in [6.45, 7) is 4.67. The van der Waals surface area contributed by atoms with E-state index in [1.165, 1.54) is 0 Å². The van der Waals surface area contributed by atoms with Crippen LogP contribution in [0.2, 0.25) is 0 Å². The van der Waals surface area contributed by atoms with Crippen LogP contribution in [-0.2, 0) is 9.31 Å². The van der Waals surface area contributed by atoms with E-state index in [1.54, 1.807) is 18.5 Å². The minimum Gasteiger partial charge on any atom is -0.404 e. The summed E-state index contributed by atoms with van der Waals surface area (Å²) in [5.41, 5.74) is 1.79. The van der Waals surface area contributed by atoms with Gasteiger partial charge in [0.1, 0.15) is 0 Å². The number of hydrogen-bond acceptors (Lipinski definition) is 4. The van der Waals surface area contributed by atoms with E-state index in [0.717, 1.165) is 16.9 Å². The first-order valence-corrected chi connectivity index (χ1v) is 6.31. The van der Waals surface area contributed by atoms with Crippen LogP contribution in [0.3, 0.4) is 0 Å². The lowest BCUT2D eigenvalue weighted by Gasteiger charge is -2.15. The van der Waals surface area contributed by atoms with Gasteiger partial charge in [0.25, 0.3) is 0 Å². The van der Waals surface area contributed by atoms with E-state index < -0.39 is 0 Å². The van der Waals surface area contributed by atoms with Crippen molar-refractivity contribution in [3.63, 3.8) is 0 Å². The van der Waals surface area contributed by atoms with Crippen LogP contribution in [-0.4, -0.2) is 29.3 Å². The molecule has 19 heavy (non-hydrogen) atoms. The van der Waals surface area contributed by atoms with Gasteiger partial charge < -0.3 is 9.31 Å². The molecular formula is C14H15BN2O2. The highest BCUT2D eigenvalue weighted by Crippen LogP contribution is 2.20. The summed E-state index contributed by atoms with van der Waals surface area (Å²) < 4.78 is 11.5. The van der Waals surface area contributed by atoms with Crippen molar-refractivity contribution in [2.75, 3.05) is 6.61 Å². The molecule has 1 fully saturated rings. The van der Waals surface area contributed by atoms with Gasteiger partial charge in [-0.05, 0) is 25.4 Å². The number of aromatic nitrogens is 2. The number of hydrogen-bond donors (Lipinski definition) is 0. The van der Waals surface area contributed by atoms with E-state index in [1.807, 2.05) is 38.1 Å². The minimum absolute atomic E-state index is 0.216. The molecule has 0 aliphatic carbocycles. The highest BCUT2D eigenvalue weighted by atomic mass is 16.7. The van der Waals surface area contributed by atoms with Crippen LogP contribution in [0.4, 0.5) is 0 Å². The standard InChI is InChI=1S/C14H15BN2O2/c1-14(2)10-18-15(19-14)12-6-4-11(5-7-12)13-16-8-3-9-17-13/h3-9H,10H2,1-2H3. The molecule has 1 aromatic heterocycles. The topological polar surface area (TPSA) is 44.2 Å². The fourth-order valence-corrected chi connectivity index (χ4v) is 2.04. The lowest BCUT2D eigenvalue weighted by molar-refractivity contribution is 0.137. The Labute approximate surface area is 113 Å². The van der Waals surface area contributed by atoms with Crippen LogP contribution in [0.15, 0.2) is 42.7 Å². The quantitative estimate of drug-likeness (QED) is 0.764. The molecule has 0 bridgehead atoms. The summed E-state index contributed by atoms with van der Waals surface area (Å²) in [4.78, 5) is 8.45. The second kappa shape index (κ2) is 4.76. The predicted molar refractivity (Wildman–Crippen MR) is 74.0 cm³/mol. The SMILES string of the molecule is CC1(C)COB(c2ccc(-c3ncccn3)cc2)O1. The Balaban J connectivity index is 1.80.